The Morgan fingerprint density at radius 2 is 1.62 bits per heavy atom. The van der Waals surface area contributed by atoms with Gasteiger partial charge in [-0.1, -0.05) is 0 Å². The van der Waals surface area contributed by atoms with Gasteiger partial charge in [0, 0.05) is 17.3 Å². The van der Waals surface area contributed by atoms with Crippen molar-refractivity contribution in [3.8, 4) is 11.5 Å². The summed E-state index contributed by atoms with van der Waals surface area (Å²) in [6, 6.07) is 10.3. The molecule has 3 rings (SSSR count). The van der Waals surface area contributed by atoms with Crippen molar-refractivity contribution in [1.29, 1.82) is 0 Å². The highest BCUT2D eigenvalue weighted by molar-refractivity contribution is 9.10. The zero-order valence-corrected chi connectivity index (χ0v) is 16.1. The topological polar surface area (TPSA) is 76.7 Å². The summed E-state index contributed by atoms with van der Waals surface area (Å²) in [5.74, 6) is 0.842. The van der Waals surface area contributed by atoms with Gasteiger partial charge in [0.2, 0.25) is 5.91 Å². The number of hydrogen-bond acceptors (Lipinski definition) is 4. The summed E-state index contributed by atoms with van der Waals surface area (Å²) in [6.45, 7) is 0. The molecule has 26 heavy (non-hydrogen) atoms. The summed E-state index contributed by atoms with van der Waals surface area (Å²) in [4.78, 5) is 24.4. The van der Waals surface area contributed by atoms with E-state index in [4.69, 9.17) is 9.47 Å². The Balaban J connectivity index is 1.73. The van der Waals surface area contributed by atoms with Crippen molar-refractivity contribution in [1.82, 2.24) is 0 Å². The molecule has 0 aliphatic heterocycles. The number of halogens is 1. The summed E-state index contributed by atoms with van der Waals surface area (Å²) in [7, 11) is 3.03. The van der Waals surface area contributed by atoms with Crippen LogP contribution in [0.3, 0.4) is 0 Å². The Bertz CT molecular complexity index is 832. The minimum absolute atomic E-state index is 0.0488. The Hall–Kier alpha value is -2.54. The van der Waals surface area contributed by atoms with E-state index in [2.05, 4.69) is 26.6 Å². The number of anilines is 2. The third-order valence-electron chi connectivity index (χ3n) is 4.06. The van der Waals surface area contributed by atoms with Crippen LogP contribution in [-0.4, -0.2) is 26.0 Å². The van der Waals surface area contributed by atoms with Gasteiger partial charge in [-0.05, 0) is 65.2 Å². The zero-order valence-electron chi connectivity index (χ0n) is 14.5. The molecule has 0 heterocycles. The Labute approximate surface area is 160 Å². The number of ether oxygens (including phenoxy) is 2. The average Bonchev–Trinajstić information content (AvgIpc) is 3.47. The first-order chi connectivity index (χ1) is 12.5. The molecule has 7 heteroatoms. The fourth-order valence-electron chi connectivity index (χ4n) is 2.49. The lowest BCUT2D eigenvalue weighted by Gasteiger charge is -2.13. The first-order valence-corrected chi connectivity index (χ1v) is 8.95. The molecule has 0 saturated heterocycles. The number of hydrogen-bond donors (Lipinski definition) is 2. The molecule has 0 unspecified atom stereocenters. The lowest BCUT2D eigenvalue weighted by atomic mass is 10.1. The number of methoxy groups -OCH3 is 2. The fourth-order valence-corrected chi connectivity index (χ4v) is 3.09. The van der Waals surface area contributed by atoms with Gasteiger partial charge < -0.3 is 20.1 Å². The maximum absolute atomic E-state index is 12.6. The summed E-state index contributed by atoms with van der Waals surface area (Å²) in [5.41, 5.74) is 1.67. The van der Waals surface area contributed by atoms with E-state index >= 15 is 0 Å². The van der Waals surface area contributed by atoms with Crippen LogP contribution in [0.5, 0.6) is 11.5 Å². The molecule has 0 aromatic heterocycles. The third-order valence-corrected chi connectivity index (χ3v) is 4.65. The molecule has 2 amide bonds. The van der Waals surface area contributed by atoms with Crippen LogP contribution in [0.25, 0.3) is 0 Å². The predicted molar refractivity (Wildman–Crippen MR) is 103 cm³/mol. The van der Waals surface area contributed by atoms with Crippen molar-refractivity contribution in [2.24, 2.45) is 5.92 Å². The van der Waals surface area contributed by atoms with Crippen LogP contribution in [0, 0.1) is 5.92 Å². The normalized spacial score (nSPS) is 13.0. The van der Waals surface area contributed by atoms with Crippen LogP contribution < -0.4 is 20.1 Å². The first-order valence-electron chi connectivity index (χ1n) is 8.15. The van der Waals surface area contributed by atoms with Crippen molar-refractivity contribution in [3.63, 3.8) is 0 Å². The number of nitrogens with one attached hydrogen (secondary N) is 2. The highest BCUT2D eigenvalue weighted by Gasteiger charge is 2.29. The van der Waals surface area contributed by atoms with Gasteiger partial charge in [-0.3, -0.25) is 9.59 Å². The fraction of sp³-hybridized carbons (Fsp3) is 0.263. The van der Waals surface area contributed by atoms with Gasteiger partial charge in [-0.2, -0.15) is 0 Å². The van der Waals surface area contributed by atoms with Crippen LogP contribution >= 0.6 is 15.9 Å². The summed E-state index contributed by atoms with van der Waals surface area (Å²) in [6.07, 6.45) is 1.91. The van der Waals surface area contributed by atoms with E-state index in [9.17, 15) is 9.59 Å². The van der Waals surface area contributed by atoms with Crippen LogP contribution in [0.15, 0.2) is 40.9 Å². The quantitative estimate of drug-likeness (QED) is 0.740. The molecule has 1 saturated carbocycles. The second-order valence-corrected chi connectivity index (χ2v) is 6.84. The molecular formula is C19H19BrN2O4. The summed E-state index contributed by atoms with van der Waals surface area (Å²) in [5, 5.41) is 5.68. The van der Waals surface area contributed by atoms with Crippen molar-refractivity contribution in [3.05, 3.63) is 46.4 Å². The molecule has 0 spiro atoms. The second kappa shape index (κ2) is 7.78. The van der Waals surface area contributed by atoms with Crippen LogP contribution in [0.1, 0.15) is 23.2 Å². The Kier molecular flexibility index (Phi) is 5.46. The zero-order chi connectivity index (χ0) is 18.7. The van der Waals surface area contributed by atoms with E-state index in [0.29, 0.717) is 32.9 Å². The van der Waals surface area contributed by atoms with Crippen molar-refractivity contribution >= 4 is 39.1 Å². The molecule has 2 N–H and O–H groups in total. The molecule has 136 valence electrons. The lowest BCUT2D eigenvalue weighted by molar-refractivity contribution is -0.117. The maximum atomic E-state index is 12.6. The van der Waals surface area contributed by atoms with Gasteiger partial charge in [0.15, 0.2) is 0 Å². The van der Waals surface area contributed by atoms with Crippen LogP contribution in [0.2, 0.25) is 0 Å². The molecular weight excluding hydrogens is 400 g/mol. The van der Waals surface area contributed by atoms with E-state index in [1.807, 2.05) is 0 Å². The van der Waals surface area contributed by atoms with Gasteiger partial charge in [-0.25, -0.2) is 0 Å². The minimum Gasteiger partial charge on any atom is -0.497 e. The van der Waals surface area contributed by atoms with E-state index in [0.717, 1.165) is 12.8 Å². The number of rotatable bonds is 6. The number of amides is 2. The third kappa shape index (κ3) is 4.16. The molecule has 2 aromatic rings. The number of carbonyl (C=O) groups is 2. The van der Waals surface area contributed by atoms with Gasteiger partial charge in [0.25, 0.3) is 5.91 Å². The standard InChI is InChI=1S/C19H19BrN2O4/c1-25-14-9-15(17(26-2)16(20)10-14)19(24)22-13-7-5-12(6-8-13)21-18(23)11-3-4-11/h5-11H,3-4H2,1-2H3,(H,21,23)(H,22,24). The monoisotopic (exact) mass is 418 g/mol. The highest BCUT2D eigenvalue weighted by atomic mass is 79.9. The summed E-state index contributed by atoms with van der Waals surface area (Å²) >= 11 is 3.38. The molecule has 0 bridgehead atoms. The molecule has 1 fully saturated rings. The van der Waals surface area contributed by atoms with E-state index in [1.54, 1.807) is 36.4 Å². The van der Waals surface area contributed by atoms with Crippen molar-refractivity contribution in [2.45, 2.75) is 12.8 Å². The predicted octanol–water partition coefficient (Wildman–Crippen LogP) is 4.07. The molecule has 0 atom stereocenters. The number of carbonyl (C=O) groups excluding carboxylic acids is 2. The first kappa shape index (κ1) is 18.3. The van der Waals surface area contributed by atoms with Crippen molar-refractivity contribution in [2.75, 3.05) is 24.9 Å². The highest BCUT2D eigenvalue weighted by Crippen LogP contribution is 2.34. The molecule has 1 aliphatic rings. The Morgan fingerprint density at radius 3 is 2.15 bits per heavy atom. The van der Waals surface area contributed by atoms with E-state index in [-0.39, 0.29) is 17.7 Å². The van der Waals surface area contributed by atoms with E-state index in [1.165, 1.54) is 14.2 Å². The van der Waals surface area contributed by atoms with Crippen molar-refractivity contribution < 1.29 is 19.1 Å². The molecule has 6 nitrogen and oxygen atoms in total. The summed E-state index contributed by atoms with van der Waals surface area (Å²) < 4.78 is 11.1. The minimum atomic E-state index is -0.323. The number of benzene rings is 2. The molecule has 1 aliphatic carbocycles. The van der Waals surface area contributed by atoms with E-state index < -0.39 is 0 Å². The lowest BCUT2D eigenvalue weighted by Crippen LogP contribution is -2.15. The maximum Gasteiger partial charge on any atom is 0.259 e. The molecule has 2 aromatic carbocycles. The smallest absolute Gasteiger partial charge is 0.259 e. The van der Waals surface area contributed by atoms with Crippen LogP contribution in [-0.2, 0) is 4.79 Å². The largest absolute Gasteiger partial charge is 0.497 e. The average molecular weight is 419 g/mol. The second-order valence-electron chi connectivity index (χ2n) is 5.99. The van der Waals surface area contributed by atoms with Gasteiger partial charge in [-0.15, -0.1) is 0 Å². The molecule has 0 radical (unpaired) electrons. The van der Waals surface area contributed by atoms with Gasteiger partial charge in [0.05, 0.1) is 24.3 Å². The Morgan fingerprint density at radius 1 is 1.00 bits per heavy atom. The van der Waals surface area contributed by atoms with Crippen LogP contribution in [0.4, 0.5) is 11.4 Å². The SMILES string of the molecule is COc1cc(Br)c(OC)c(C(=O)Nc2ccc(NC(=O)C3CC3)cc2)c1. The van der Waals surface area contributed by atoms with Gasteiger partial charge >= 0.3 is 0 Å². The van der Waals surface area contributed by atoms with Gasteiger partial charge in [0.1, 0.15) is 11.5 Å².